The zero-order valence-corrected chi connectivity index (χ0v) is 12.0. The number of rotatable bonds is 10. The van der Waals surface area contributed by atoms with E-state index >= 15 is 0 Å². The molecule has 0 nitrogen and oxygen atoms in total. The molecule has 0 fully saturated rings. The minimum absolute atomic E-state index is 0.773. The first kappa shape index (κ1) is 15.3. The summed E-state index contributed by atoms with van der Waals surface area (Å²) in [6.45, 7) is 6.22. The summed E-state index contributed by atoms with van der Waals surface area (Å²) in [5, 5.41) is 0. The van der Waals surface area contributed by atoms with E-state index in [0.717, 1.165) is 12.3 Å². The van der Waals surface area contributed by atoms with Gasteiger partial charge < -0.3 is 0 Å². The first-order valence-electron chi connectivity index (χ1n) is 7.72. The minimum atomic E-state index is 0.773. The topological polar surface area (TPSA) is 0 Å². The average molecular weight is 245 g/mol. The van der Waals surface area contributed by atoms with Crippen LogP contribution in [0.4, 0.5) is 0 Å². The molecule has 1 rings (SSSR count). The van der Waals surface area contributed by atoms with Crippen LogP contribution in [0.15, 0.2) is 30.3 Å². The van der Waals surface area contributed by atoms with Gasteiger partial charge in [0.25, 0.3) is 0 Å². The maximum atomic E-state index is 3.94. The van der Waals surface area contributed by atoms with Gasteiger partial charge in [0.1, 0.15) is 0 Å². The summed E-state index contributed by atoms with van der Waals surface area (Å²) in [5.41, 5.74) is 1.54. The number of unbranched alkanes of at least 4 members (excludes halogenated alkanes) is 5. The minimum Gasteiger partial charge on any atom is -0.0654 e. The van der Waals surface area contributed by atoms with E-state index in [4.69, 9.17) is 0 Å². The van der Waals surface area contributed by atoms with Crippen LogP contribution in [0, 0.1) is 6.92 Å². The van der Waals surface area contributed by atoms with Crippen molar-refractivity contribution >= 4 is 0 Å². The molecule has 0 bridgehead atoms. The second-order valence-corrected chi connectivity index (χ2v) is 5.31. The molecule has 0 saturated heterocycles. The molecule has 18 heavy (non-hydrogen) atoms. The van der Waals surface area contributed by atoms with E-state index in [9.17, 15) is 0 Å². The normalized spacial score (nSPS) is 12.6. The predicted octanol–water partition coefficient (Wildman–Crippen LogP) is 6.14. The Labute approximate surface area is 114 Å². The van der Waals surface area contributed by atoms with Crippen LogP contribution in [0.5, 0.6) is 0 Å². The van der Waals surface area contributed by atoms with E-state index in [-0.39, 0.29) is 0 Å². The van der Waals surface area contributed by atoms with Gasteiger partial charge in [0.05, 0.1) is 0 Å². The van der Waals surface area contributed by atoms with Crippen LogP contribution in [0.1, 0.15) is 76.2 Å². The van der Waals surface area contributed by atoms with Crippen molar-refractivity contribution in [3.05, 3.63) is 42.8 Å². The Morgan fingerprint density at radius 1 is 0.889 bits per heavy atom. The van der Waals surface area contributed by atoms with Crippen molar-refractivity contribution in [2.45, 2.75) is 70.6 Å². The molecule has 0 aliphatic carbocycles. The van der Waals surface area contributed by atoms with Crippen LogP contribution in [-0.2, 0) is 0 Å². The molecule has 0 aliphatic heterocycles. The van der Waals surface area contributed by atoms with Gasteiger partial charge in [0.15, 0.2) is 0 Å². The predicted molar refractivity (Wildman–Crippen MR) is 81.8 cm³/mol. The third kappa shape index (κ3) is 6.23. The fourth-order valence-corrected chi connectivity index (χ4v) is 2.59. The van der Waals surface area contributed by atoms with Gasteiger partial charge in [-0.3, -0.25) is 0 Å². The summed E-state index contributed by atoms with van der Waals surface area (Å²) in [5.74, 6) is 0.773. The summed E-state index contributed by atoms with van der Waals surface area (Å²) in [4.78, 5) is 0. The Morgan fingerprint density at radius 2 is 1.56 bits per heavy atom. The first-order chi connectivity index (χ1) is 8.88. The lowest BCUT2D eigenvalue weighted by Crippen LogP contribution is -1.99. The third-order valence-corrected chi connectivity index (χ3v) is 3.73. The molecule has 0 amide bonds. The van der Waals surface area contributed by atoms with E-state index in [0.29, 0.717) is 0 Å². The fraction of sp³-hybridized carbons (Fsp3) is 0.611. The molecule has 101 valence electrons. The van der Waals surface area contributed by atoms with Crippen molar-refractivity contribution in [3.8, 4) is 0 Å². The van der Waals surface area contributed by atoms with Crippen LogP contribution in [0.3, 0.4) is 0 Å². The zero-order valence-electron chi connectivity index (χ0n) is 12.0. The summed E-state index contributed by atoms with van der Waals surface area (Å²) < 4.78 is 0. The summed E-state index contributed by atoms with van der Waals surface area (Å²) in [6, 6.07) is 11.1. The molecule has 0 N–H and O–H groups in total. The fourth-order valence-electron chi connectivity index (χ4n) is 2.59. The zero-order chi connectivity index (χ0) is 13.1. The van der Waals surface area contributed by atoms with E-state index in [1.54, 1.807) is 0 Å². The Kier molecular flexibility index (Phi) is 8.63. The van der Waals surface area contributed by atoms with Crippen molar-refractivity contribution in [1.82, 2.24) is 0 Å². The molecule has 1 radical (unpaired) electrons. The molecule has 0 spiro atoms. The van der Waals surface area contributed by atoms with Crippen molar-refractivity contribution < 1.29 is 0 Å². The van der Waals surface area contributed by atoms with Crippen LogP contribution < -0.4 is 0 Å². The molecule has 0 saturated carbocycles. The summed E-state index contributed by atoms with van der Waals surface area (Å²) >= 11 is 0. The van der Waals surface area contributed by atoms with Crippen LogP contribution in [0.25, 0.3) is 0 Å². The Bertz CT molecular complexity index is 275. The maximum absolute atomic E-state index is 3.94. The van der Waals surface area contributed by atoms with Gasteiger partial charge in [-0.25, -0.2) is 0 Å². The van der Waals surface area contributed by atoms with Crippen molar-refractivity contribution in [3.63, 3.8) is 0 Å². The van der Waals surface area contributed by atoms with Crippen molar-refractivity contribution in [2.75, 3.05) is 0 Å². The highest BCUT2D eigenvalue weighted by atomic mass is 14.1. The lowest BCUT2D eigenvalue weighted by atomic mass is 9.88. The molecule has 0 aliphatic rings. The molecule has 1 aromatic carbocycles. The SMILES string of the molecule is [CH2]CCCCC(CCCCCC)c1ccccc1. The molecular weight excluding hydrogens is 216 g/mol. The third-order valence-electron chi connectivity index (χ3n) is 3.73. The number of hydrogen-bond donors (Lipinski definition) is 0. The smallest absolute Gasteiger partial charge is 0.0162 e. The van der Waals surface area contributed by atoms with Crippen molar-refractivity contribution in [2.24, 2.45) is 0 Å². The highest BCUT2D eigenvalue weighted by molar-refractivity contribution is 5.19. The van der Waals surface area contributed by atoms with Gasteiger partial charge in [0, 0.05) is 0 Å². The number of hydrogen-bond acceptors (Lipinski definition) is 0. The largest absolute Gasteiger partial charge is 0.0654 e. The van der Waals surface area contributed by atoms with E-state index in [1.165, 1.54) is 56.9 Å². The molecular formula is C18H29. The highest BCUT2D eigenvalue weighted by Gasteiger charge is 2.10. The molecule has 0 heterocycles. The van der Waals surface area contributed by atoms with Gasteiger partial charge >= 0.3 is 0 Å². The Hall–Kier alpha value is -0.780. The Morgan fingerprint density at radius 3 is 2.17 bits per heavy atom. The van der Waals surface area contributed by atoms with Crippen molar-refractivity contribution in [1.29, 1.82) is 0 Å². The first-order valence-corrected chi connectivity index (χ1v) is 7.72. The van der Waals surface area contributed by atoms with Gasteiger partial charge in [-0.05, 0) is 24.3 Å². The number of benzene rings is 1. The lowest BCUT2D eigenvalue weighted by Gasteiger charge is -2.17. The second kappa shape index (κ2) is 10.2. The van der Waals surface area contributed by atoms with E-state index in [1.807, 2.05) is 0 Å². The monoisotopic (exact) mass is 245 g/mol. The van der Waals surface area contributed by atoms with Gasteiger partial charge in [0.2, 0.25) is 0 Å². The van der Waals surface area contributed by atoms with Crippen LogP contribution in [-0.4, -0.2) is 0 Å². The van der Waals surface area contributed by atoms with Crippen LogP contribution >= 0.6 is 0 Å². The second-order valence-electron chi connectivity index (χ2n) is 5.31. The average Bonchev–Trinajstić information content (AvgIpc) is 2.42. The summed E-state index contributed by atoms with van der Waals surface area (Å²) in [7, 11) is 0. The standard InChI is InChI=1S/C18H29/c1-3-5-7-10-14-17(13-9-6-4-2)18-15-11-8-12-16-18/h8,11-12,15-17H,2-7,9-10,13-14H2,1H3. The molecule has 0 heteroatoms. The van der Waals surface area contributed by atoms with E-state index < -0.39 is 0 Å². The lowest BCUT2D eigenvalue weighted by molar-refractivity contribution is 0.504. The van der Waals surface area contributed by atoms with Gasteiger partial charge in [-0.2, -0.15) is 0 Å². The molecule has 1 aromatic rings. The molecule has 1 unspecified atom stereocenters. The van der Waals surface area contributed by atoms with Crippen LogP contribution in [0.2, 0.25) is 0 Å². The van der Waals surface area contributed by atoms with E-state index in [2.05, 4.69) is 44.2 Å². The quantitative estimate of drug-likeness (QED) is 0.435. The molecule has 1 atom stereocenters. The van der Waals surface area contributed by atoms with Gasteiger partial charge in [-0.1, -0.05) is 89.1 Å². The maximum Gasteiger partial charge on any atom is -0.0162 e. The molecule has 0 aromatic heterocycles. The van der Waals surface area contributed by atoms with Gasteiger partial charge in [-0.15, -0.1) is 0 Å². The highest BCUT2D eigenvalue weighted by Crippen LogP contribution is 2.28. The Balaban J connectivity index is 2.42. The summed E-state index contributed by atoms with van der Waals surface area (Å²) in [6.07, 6.45) is 11.9.